The molecule has 0 saturated carbocycles. The van der Waals surface area contributed by atoms with Crippen LogP contribution in [0, 0.1) is 0 Å². The van der Waals surface area contributed by atoms with E-state index in [1.54, 1.807) is 12.1 Å². The monoisotopic (exact) mass is 442 g/mol. The number of phenols is 3. The molecular weight excluding hydrogens is 420 g/mol. The Morgan fingerprint density at radius 1 is 0.812 bits per heavy atom. The van der Waals surface area contributed by atoms with Crippen molar-refractivity contribution in [3.8, 4) is 17.2 Å². The summed E-state index contributed by atoms with van der Waals surface area (Å²) in [6.45, 7) is 0.512. The van der Waals surface area contributed by atoms with Crippen molar-refractivity contribution in [3.63, 3.8) is 0 Å². The normalized spacial score (nSPS) is 11.9. The van der Waals surface area contributed by atoms with E-state index in [9.17, 15) is 29.7 Å². The number of aromatic hydroxyl groups is 3. The van der Waals surface area contributed by atoms with Crippen LogP contribution in [0.3, 0.4) is 0 Å². The van der Waals surface area contributed by atoms with Gasteiger partial charge in [-0.15, -0.1) is 0 Å². The predicted octanol–water partition coefficient (Wildman–Crippen LogP) is 2.55. The number of carbonyl (C=O) groups is 3. The van der Waals surface area contributed by atoms with E-state index in [0.717, 1.165) is 12.2 Å². The average Bonchev–Trinajstić information content (AvgIpc) is 2.76. The van der Waals surface area contributed by atoms with E-state index in [1.165, 1.54) is 49.4 Å². The van der Waals surface area contributed by atoms with Crippen molar-refractivity contribution in [2.24, 2.45) is 0 Å². The second-order valence-corrected chi connectivity index (χ2v) is 6.50. The molecule has 9 nitrogen and oxygen atoms in total. The quantitative estimate of drug-likeness (QED) is 0.231. The highest BCUT2D eigenvalue weighted by Gasteiger charge is 2.17. The van der Waals surface area contributed by atoms with Crippen LogP contribution in [0.5, 0.6) is 17.2 Å². The van der Waals surface area contributed by atoms with Gasteiger partial charge in [0.25, 0.3) is 0 Å². The van der Waals surface area contributed by atoms with Gasteiger partial charge in [0.1, 0.15) is 19.0 Å². The van der Waals surface area contributed by atoms with E-state index < -0.39 is 24.0 Å². The molecule has 0 bridgehead atoms. The molecule has 0 aromatic heterocycles. The van der Waals surface area contributed by atoms with Gasteiger partial charge in [0, 0.05) is 19.1 Å². The smallest absolute Gasteiger partial charge is 0.331 e. The first-order valence-corrected chi connectivity index (χ1v) is 9.41. The van der Waals surface area contributed by atoms with Gasteiger partial charge in [-0.2, -0.15) is 0 Å². The Labute approximate surface area is 183 Å². The van der Waals surface area contributed by atoms with Gasteiger partial charge >= 0.3 is 17.9 Å². The zero-order valence-corrected chi connectivity index (χ0v) is 17.1. The molecule has 0 fully saturated rings. The van der Waals surface area contributed by atoms with Crippen molar-refractivity contribution < 1.29 is 43.9 Å². The van der Waals surface area contributed by atoms with E-state index >= 15 is 0 Å². The zero-order chi connectivity index (χ0) is 23.5. The first-order valence-electron chi connectivity index (χ1n) is 9.41. The van der Waals surface area contributed by atoms with Crippen LogP contribution >= 0.6 is 0 Å². The van der Waals surface area contributed by atoms with Crippen molar-refractivity contribution in [2.75, 3.05) is 13.2 Å². The van der Waals surface area contributed by atoms with Gasteiger partial charge in [0.15, 0.2) is 17.6 Å². The number of carbonyl (C=O) groups excluding carboxylic acids is 3. The zero-order valence-electron chi connectivity index (χ0n) is 17.1. The number of hydrogen-bond acceptors (Lipinski definition) is 9. The van der Waals surface area contributed by atoms with Gasteiger partial charge in [-0.3, -0.25) is 4.79 Å². The summed E-state index contributed by atoms with van der Waals surface area (Å²) >= 11 is 0. The minimum Gasteiger partial charge on any atom is -0.508 e. The van der Waals surface area contributed by atoms with Crippen LogP contribution in [0.2, 0.25) is 0 Å². The molecule has 2 aromatic carbocycles. The largest absolute Gasteiger partial charge is 0.508 e. The summed E-state index contributed by atoms with van der Waals surface area (Å²) in [5.41, 5.74) is 1.09. The van der Waals surface area contributed by atoms with Gasteiger partial charge in [0.2, 0.25) is 0 Å². The van der Waals surface area contributed by atoms with Crippen molar-refractivity contribution in [3.05, 3.63) is 65.7 Å². The van der Waals surface area contributed by atoms with Crippen LogP contribution in [0.25, 0.3) is 12.2 Å². The van der Waals surface area contributed by atoms with Crippen molar-refractivity contribution >= 4 is 30.1 Å². The lowest BCUT2D eigenvalue weighted by molar-refractivity contribution is -0.161. The number of phenolic OH excluding ortho intramolecular Hbond substituents is 3. The molecule has 0 saturated heterocycles. The fraction of sp³-hybridized carbons (Fsp3) is 0.174. The summed E-state index contributed by atoms with van der Waals surface area (Å²) in [5.74, 6) is -2.65. The SMILES string of the molecule is CC(=O)OCC(COC(=O)/C=C/c1ccc(O)c(O)c1)OC(=O)/C=C/c1ccc(O)cc1. The Balaban J connectivity index is 1.92. The highest BCUT2D eigenvalue weighted by atomic mass is 16.6. The number of ether oxygens (including phenoxy) is 3. The van der Waals surface area contributed by atoms with Crippen LogP contribution in [0.1, 0.15) is 18.1 Å². The minimum atomic E-state index is -1.04. The summed E-state index contributed by atoms with van der Waals surface area (Å²) < 4.78 is 15.0. The molecule has 1 atom stereocenters. The summed E-state index contributed by atoms with van der Waals surface area (Å²) in [6.07, 6.45) is 4.01. The molecule has 0 aliphatic rings. The summed E-state index contributed by atoms with van der Waals surface area (Å²) in [7, 11) is 0. The molecule has 1 unspecified atom stereocenters. The third kappa shape index (κ3) is 8.62. The molecule has 0 radical (unpaired) electrons. The molecule has 0 aliphatic heterocycles. The number of benzene rings is 2. The van der Waals surface area contributed by atoms with Gasteiger partial charge in [0.05, 0.1) is 0 Å². The van der Waals surface area contributed by atoms with Gasteiger partial charge in [-0.05, 0) is 47.5 Å². The lowest BCUT2D eigenvalue weighted by Gasteiger charge is -2.16. The minimum absolute atomic E-state index is 0.0873. The maximum absolute atomic E-state index is 12.1. The number of rotatable bonds is 9. The van der Waals surface area contributed by atoms with Crippen molar-refractivity contribution in [1.29, 1.82) is 0 Å². The Morgan fingerprint density at radius 3 is 2.06 bits per heavy atom. The van der Waals surface area contributed by atoms with Crippen molar-refractivity contribution in [2.45, 2.75) is 13.0 Å². The Kier molecular flexibility index (Phi) is 8.85. The molecule has 168 valence electrons. The fourth-order valence-corrected chi connectivity index (χ4v) is 2.31. The summed E-state index contributed by atoms with van der Waals surface area (Å²) in [5, 5.41) is 28.0. The second-order valence-electron chi connectivity index (χ2n) is 6.50. The molecule has 0 heterocycles. The van der Waals surface area contributed by atoms with Gasteiger partial charge in [-0.1, -0.05) is 18.2 Å². The molecule has 2 rings (SSSR count). The standard InChI is InChI=1S/C23H22O9/c1-15(24)30-13-19(32-23(29)11-5-16-2-7-18(25)8-3-16)14-31-22(28)10-6-17-4-9-20(26)21(27)12-17/h2-12,19,25-27H,13-14H2,1H3/b10-6+,11-5+. The Bertz CT molecular complexity index is 1010. The molecule has 0 spiro atoms. The molecule has 9 heteroatoms. The van der Waals surface area contributed by atoms with Crippen LogP contribution in [0.4, 0.5) is 0 Å². The fourth-order valence-electron chi connectivity index (χ4n) is 2.31. The molecule has 0 amide bonds. The van der Waals surface area contributed by atoms with Crippen LogP contribution in [0.15, 0.2) is 54.6 Å². The lowest BCUT2D eigenvalue weighted by atomic mass is 10.2. The number of hydrogen-bond donors (Lipinski definition) is 3. The topological polar surface area (TPSA) is 140 Å². The summed E-state index contributed by atoms with van der Waals surface area (Å²) in [6, 6.07) is 10.1. The molecule has 3 N–H and O–H groups in total. The maximum atomic E-state index is 12.1. The first-order chi connectivity index (χ1) is 15.2. The van der Waals surface area contributed by atoms with E-state index in [-0.39, 0.29) is 30.5 Å². The van der Waals surface area contributed by atoms with E-state index in [1.807, 2.05) is 0 Å². The van der Waals surface area contributed by atoms with Crippen molar-refractivity contribution in [1.82, 2.24) is 0 Å². The van der Waals surface area contributed by atoms with Gasteiger partial charge in [-0.25, -0.2) is 9.59 Å². The first kappa shape index (κ1) is 24.0. The predicted molar refractivity (Wildman–Crippen MR) is 113 cm³/mol. The lowest BCUT2D eigenvalue weighted by Crippen LogP contribution is -2.29. The molecule has 2 aromatic rings. The third-order valence-corrected chi connectivity index (χ3v) is 3.88. The Hall–Kier alpha value is -4.27. The molecule has 32 heavy (non-hydrogen) atoms. The van der Waals surface area contributed by atoms with Gasteiger partial charge < -0.3 is 29.5 Å². The highest BCUT2D eigenvalue weighted by molar-refractivity contribution is 5.88. The third-order valence-electron chi connectivity index (χ3n) is 3.88. The Morgan fingerprint density at radius 2 is 1.41 bits per heavy atom. The van der Waals surface area contributed by atoms with E-state index in [0.29, 0.717) is 11.1 Å². The van der Waals surface area contributed by atoms with Crippen LogP contribution in [-0.4, -0.2) is 52.5 Å². The summed E-state index contributed by atoms with van der Waals surface area (Å²) in [4.78, 5) is 35.1. The molecule has 0 aliphatic carbocycles. The average molecular weight is 442 g/mol. The van der Waals surface area contributed by atoms with E-state index in [4.69, 9.17) is 14.2 Å². The van der Waals surface area contributed by atoms with Crippen LogP contribution < -0.4 is 0 Å². The maximum Gasteiger partial charge on any atom is 0.331 e. The van der Waals surface area contributed by atoms with Crippen LogP contribution in [-0.2, 0) is 28.6 Å². The number of esters is 3. The second kappa shape index (κ2) is 11.8. The highest BCUT2D eigenvalue weighted by Crippen LogP contribution is 2.25. The van der Waals surface area contributed by atoms with E-state index in [2.05, 4.69) is 0 Å². The molecular formula is C23H22O9.